The number of nitrogens with one attached hydrogen (secondary N) is 1. The molecule has 3 heterocycles. The SMILES string of the molecule is COc1ccc(C2NC(=S)N(CCC(C)C)C(C)=C2c2nc(-c3cccs3)no2)cc1. The molecule has 0 fully saturated rings. The number of hydrogen-bond donors (Lipinski definition) is 1. The van der Waals surface area contributed by atoms with Crippen molar-refractivity contribution >= 4 is 34.2 Å². The summed E-state index contributed by atoms with van der Waals surface area (Å²) in [5.74, 6) is 2.49. The van der Waals surface area contributed by atoms with E-state index in [-0.39, 0.29) is 6.04 Å². The molecule has 162 valence electrons. The lowest BCUT2D eigenvalue weighted by molar-refractivity contribution is 0.390. The van der Waals surface area contributed by atoms with Crippen LogP contribution >= 0.6 is 23.6 Å². The topological polar surface area (TPSA) is 63.4 Å². The summed E-state index contributed by atoms with van der Waals surface area (Å²) in [5, 5.41) is 10.4. The number of aromatic nitrogens is 2. The van der Waals surface area contributed by atoms with E-state index in [0.717, 1.165) is 40.4 Å². The van der Waals surface area contributed by atoms with Crippen LogP contribution in [0.4, 0.5) is 0 Å². The molecule has 0 saturated heterocycles. The Morgan fingerprint density at radius 2 is 2.03 bits per heavy atom. The Balaban J connectivity index is 1.77. The molecule has 3 aromatic rings. The molecular weight excluding hydrogens is 428 g/mol. The van der Waals surface area contributed by atoms with Gasteiger partial charge < -0.3 is 19.5 Å². The fourth-order valence-corrected chi connectivity index (χ4v) is 4.60. The zero-order chi connectivity index (χ0) is 22.0. The van der Waals surface area contributed by atoms with Crippen molar-refractivity contribution in [2.24, 2.45) is 5.92 Å². The third-order valence-electron chi connectivity index (χ3n) is 5.37. The molecule has 8 heteroatoms. The molecule has 0 aliphatic carbocycles. The van der Waals surface area contributed by atoms with Crippen LogP contribution in [0.25, 0.3) is 16.3 Å². The lowest BCUT2D eigenvalue weighted by Crippen LogP contribution is -2.46. The third kappa shape index (κ3) is 4.50. The monoisotopic (exact) mass is 454 g/mol. The minimum atomic E-state index is -0.189. The molecule has 31 heavy (non-hydrogen) atoms. The molecule has 0 amide bonds. The average molecular weight is 455 g/mol. The molecule has 1 unspecified atom stereocenters. The first-order chi connectivity index (χ1) is 15.0. The van der Waals surface area contributed by atoms with E-state index < -0.39 is 0 Å². The number of ether oxygens (including phenoxy) is 1. The van der Waals surface area contributed by atoms with Gasteiger partial charge in [0.1, 0.15) is 5.75 Å². The average Bonchev–Trinajstić information content (AvgIpc) is 3.45. The van der Waals surface area contributed by atoms with E-state index in [1.165, 1.54) is 0 Å². The van der Waals surface area contributed by atoms with E-state index in [1.54, 1.807) is 18.4 Å². The highest BCUT2D eigenvalue weighted by molar-refractivity contribution is 7.80. The molecule has 1 N–H and O–H groups in total. The van der Waals surface area contributed by atoms with Crippen molar-refractivity contribution in [1.29, 1.82) is 0 Å². The number of thiocarbonyl (C=S) groups is 1. The fraction of sp³-hybridized carbons (Fsp3) is 0.348. The van der Waals surface area contributed by atoms with Crippen LogP contribution in [0.3, 0.4) is 0 Å². The molecule has 0 saturated carbocycles. The Kier molecular flexibility index (Phi) is 6.38. The van der Waals surface area contributed by atoms with Gasteiger partial charge in [-0.3, -0.25) is 0 Å². The first-order valence-electron chi connectivity index (χ1n) is 10.3. The van der Waals surface area contributed by atoms with Crippen molar-refractivity contribution in [2.75, 3.05) is 13.7 Å². The smallest absolute Gasteiger partial charge is 0.258 e. The van der Waals surface area contributed by atoms with Gasteiger partial charge in [-0.05, 0) is 60.6 Å². The highest BCUT2D eigenvalue weighted by Gasteiger charge is 2.34. The summed E-state index contributed by atoms with van der Waals surface area (Å²) in [5.41, 5.74) is 3.03. The van der Waals surface area contributed by atoms with Gasteiger partial charge in [0, 0.05) is 12.2 Å². The fourth-order valence-electron chi connectivity index (χ4n) is 3.60. The third-order valence-corrected chi connectivity index (χ3v) is 6.58. The normalized spacial score (nSPS) is 16.7. The van der Waals surface area contributed by atoms with E-state index >= 15 is 0 Å². The number of hydrogen-bond acceptors (Lipinski definition) is 6. The standard InChI is InChI=1S/C23H26N4O2S2/c1-14(2)11-12-27-15(3)19(22-25-21(26-29-22)18-6-5-13-31-18)20(24-23(27)30)16-7-9-17(28-4)10-8-16/h5-10,13-14,20H,11-12H2,1-4H3,(H,24,30). The molecule has 1 atom stereocenters. The number of benzene rings is 1. The van der Waals surface area contributed by atoms with Crippen LogP contribution in [0.15, 0.2) is 52.0 Å². The summed E-state index contributed by atoms with van der Waals surface area (Å²) in [6.07, 6.45) is 1.03. The first-order valence-corrected chi connectivity index (χ1v) is 11.6. The molecule has 0 spiro atoms. The van der Waals surface area contributed by atoms with E-state index in [2.05, 4.69) is 36.1 Å². The van der Waals surface area contributed by atoms with Crippen molar-refractivity contribution in [1.82, 2.24) is 20.4 Å². The Morgan fingerprint density at radius 3 is 2.68 bits per heavy atom. The number of methoxy groups -OCH3 is 1. The van der Waals surface area contributed by atoms with Crippen LogP contribution in [0.5, 0.6) is 5.75 Å². The van der Waals surface area contributed by atoms with Gasteiger partial charge in [-0.15, -0.1) is 11.3 Å². The predicted octanol–water partition coefficient (Wildman–Crippen LogP) is 5.52. The van der Waals surface area contributed by atoms with E-state index in [0.29, 0.717) is 22.7 Å². The molecule has 1 aromatic carbocycles. The highest BCUT2D eigenvalue weighted by atomic mass is 32.1. The number of rotatable bonds is 7. The van der Waals surface area contributed by atoms with Gasteiger partial charge in [-0.1, -0.05) is 37.2 Å². The highest BCUT2D eigenvalue weighted by Crippen LogP contribution is 2.38. The van der Waals surface area contributed by atoms with Crippen LogP contribution in [-0.4, -0.2) is 33.8 Å². The summed E-state index contributed by atoms with van der Waals surface area (Å²) < 4.78 is 11.1. The maximum absolute atomic E-state index is 5.76. The second-order valence-corrected chi connectivity index (χ2v) is 9.22. The van der Waals surface area contributed by atoms with Crippen molar-refractivity contribution in [3.63, 3.8) is 0 Å². The predicted molar refractivity (Wildman–Crippen MR) is 128 cm³/mol. The van der Waals surface area contributed by atoms with Crippen LogP contribution in [0, 0.1) is 5.92 Å². The molecule has 2 aromatic heterocycles. The van der Waals surface area contributed by atoms with Crippen molar-refractivity contribution < 1.29 is 9.26 Å². The van der Waals surface area contributed by atoms with Gasteiger partial charge in [0.25, 0.3) is 5.89 Å². The van der Waals surface area contributed by atoms with Gasteiger partial charge in [0.05, 0.1) is 23.6 Å². The van der Waals surface area contributed by atoms with E-state index in [9.17, 15) is 0 Å². The Morgan fingerprint density at radius 1 is 1.26 bits per heavy atom. The maximum atomic E-state index is 5.76. The van der Waals surface area contributed by atoms with Gasteiger partial charge in [0.15, 0.2) is 5.11 Å². The quantitative estimate of drug-likeness (QED) is 0.472. The zero-order valence-electron chi connectivity index (χ0n) is 18.1. The minimum absolute atomic E-state index is 0.189. The molecule has 6 nitrogen and oxygen atoms in total. The van der Waals surface area contributed by atoms with E-state index in [4.69, 9.17) is 26.5 Å². The maximum Gasteiger partial charge on any atom is 0.258 e. The summed E-state index contributed by atoms with van der Waals surface area (Å²) in [7, 11) is 1.66. The minimum Gasteiger partial charge on any atom is -0.497 e. The Bertz CT molecular complexity index is 1070. The molecular formula is C23H26N4O2S2. The number of nitrogens with zero attached hydrogens (tertiary/aromatic N) is 3. The largest absolute Gasteiger partial charge is 0.497 e. The van der Waals surface area contributed by atoms with Crippen LogP contribution < -0.4 is 10.1 Å². The van der Waals surface area contributed by atoms with E-state index in [1.807, 2.05) is 41.8 Å². The molecule has 4 rings (SSSR count). The van der Waals surface area contributed by atoms with Gasteiger partial charge in [0.2, 0.25) is 5.82 Å². The lowest BCUT2D eigenvalue weighted by Gasteiger charge is -2.37. The second kappa shape index (κ2) is 9.20. The molecule has 1 aliphatic rings. The van der Waals surface area contributed by atoms with Crippen molar-refractivity contribution in [3.8, 4) is 16.5 Å². The lowest BCUT2D eigenvalue weighted by atomic mass is 9.94. The molecule has 0 bridgehead atoms. The van der Waals surface area contributed by atoms with Crippen molar-refractivity contribution in [2.45, 2.75) is 33.2 Å². The van der Waals surface area contributed by atoms with Gasteiger partial charge in [-0.25, -0.2) is 0 Å². The van der Waals surface area contributed by atoms with Crippen LogP contribution in [0.2, 0.25) is 0 Å². The van der Waals surface area contributed by atoms with Gasteiger partial charge >= 0.3 is 0 Å². The summed E-state index contributed by atoms with van der Waals surface area (Å²) in [4.78, 5) is 7.85. The summed E-state index contributed by atoms with van der Waals surface area (Å²) >= 11 is 7.33. The van der Waals surface area contributed by atoms with Crippen LogP contribution in [0.1, 0.15) is 44.7 Å². The number of thiophene rings is 1. The van der Waals surface area contributed by atoms with Crippen LogP contribution in [-0.2, 0) is 0 Å². The first kappa shape index (κ1) is 21.5. The summed E-state index contributed by atoms with van der Waals surface area (Å²) in [6.45, 7) is 7.34. The summed E-state index contributed by atoms with van der Waals surface area (Å²) in [6, 6.07) is 11.7. The molecule has 1 aliphatic heterocycles. The number of allylic oxidation sites excluding steroid dienone is 1. The zero-order valence-corrected chi connectivity index (χ0v) is 19.7. The van der Waals surface area contributed by atoms with Crippen molar-refractivity contribution in [3.05, 3.63) is 58.9 Å². The second-order valence-electron chi connectivity index (χ2n) is 7.89. The molecule has 0 radical (unpaired) electrons. The van der Waals surface area contributed by atoms with Gasteiger partial charge in [-0.2, -0.15) is 4.98 Å². The Labute approximate surface area is 191 Å². The Hall–Kier alpha value is -2.71.